The molecule has 0 spiro atoms. The first-order valence-corrected chi connectivity index (χ1v) is 11.6. The van der Waals surface area contributed by atoms with Crippen LogP contribution in [0.25, 0.3) is 22.4 Å². The molecule has 0 amide bonds. The van der Waals surface area contributed by atoms with Crippen molar-refractivity contribution in [1.29, 1.82) is 5.41 Å². The first-order valence-electron chi connectivity index (χ1n) is 10.8. The van der Waals surface area contributed by atoms with E-state index in [2.05, 4.69) is 16.5 Å². The zero-order chi connectivity index (χ0) is 22.8. The fraction of sp³-hybridized carbons (Fsp3) is 0.375. The van der Waals surface area contributed by atoms with Gasteiger partial charge in [0.2, 0.25) is 5.88 Å². The van der Waals surface area contributed by atoms with Crippen LogP contribution in [0.15, 0.2) is 36.5 Å². The van der Waals surface area contributed by atoms with Crippen molar-refractivity contribution in [2.45, 2.75) is 46.3 Å². The monoisotopic (exact) mass is 451 g/mol. The lowest BCUT2D eigenvalue weighted by Gasteiger charge is -2.26. The predicted molar refractivity (Wildman–Crippen MR) is 129 cm³/mol. The number of amidine groups is 1. The molecule has 32 heavy (non-hydrogen) atoms. The summed E-state index contributed by atoms with van der Waals surface area (Å²) < 4.78 is 12.0. The molecule has 0 saturated heterocycles. The Hall–Kier alpha value is -2.97. The summed E-state index contributed by atoms with van der Waals surface area (Å²) >= 11 is 1.56. The number of hydrogen-bond donors (Lipinski definition) is 2. The van der Waals surface area contributed by atoms with Crippen LogP contribution in [0.2, 0.25) is 0 Å². The van der Waals surface area contributed by atoms with E-state index in [-0.39, 0.29) is 12.1 Å². The van der Waals surface area contributed by atoms with Crippen molar-refractivity contribution in [2.75, 3.05) is 13.7 Å². The summed E-state index contributed by atoms with van der Waals surface area (Å²) in [6.45, 7) is 8.66. The molecule has 3 heterocycles. The number of pyridine rings is 1. The van der Waals surface area contributed by atoms with Gasteiger partial charge in [-0.15, -0.1) is 11.3 Å². The highest BCUT2D eigenvalue weighted by Gasteiger charge is 2.25. The summed E-state index contributed by atoms with van der Waals surface area (Å²) in [5.41, 5.74) is 6.84. The molecule has 0 fully saturated rings. The summed E-state index contributed by atoms with van der Waals surface area (Å²) in [5.74, 6) is 1.79. The minimum Gasteiger partial charge on any atom is -0.493 e. The van der Waals surface area contributed by atoms with E-state index in [4.69, 9.17) is 19.9 Å². The van der Waals surface area contributed by atoms with E-state index in [9.17, 15) is 0 Å². The standard InChI is InChI=1S/C24H29N5O2S/c1-14(2)29(26-5)22(25)24-28-21-18-13-16(8-9-19(18)30-12-10-20(21)32-24)17-7-6-11-27-23(17)31-15(3)4/h6-9,11,13-15,25-26H,10,12H2,1-5H3. The molecular weight excluding hydrogens is 422 g/mol. The molecule has 168 valence electrons. The molecule has 2 N–H and O–H groups in total. The topological polar surface area (TPSA) is 83.4 Å². The van der Waals surface area contributed by atoms with E-state index in [0.29, 0.717) is 23.3 Å². The highest BCUT2D eigenvalue weighted by atomic mass is 32.1. The number of nitrogens with one attached hydrogen (secondary N) is 2. The first-order chi connectivity index (χ1) is 15.4. The Bertz CT molecular complexity index is 1130. The lowest BCUT2D eigenvalue weighted by Crippen LogP contribution is -2.45. The van der Waals surface area contributed by atoms with E-state index in [1.54, 1.807) is 17.5 Å². The van der Waals surface area contributed by atoms with E-state index >= 15 is 0 Å². The zero-order valence-electron chi connectivity index (χ0n) is 19.1. The van der Waals surface area contributed by atoms with Gasteiger partial charge in [0.05, 0.1) is 18.4 Å². The van der Waals surface area contributed by atoms with Crippen molar-refractivity contribution in [3.63, 3.8) is 0 Å². The Balaban J connectivity index is 1.78. The third kappa shape index (κ3) is 4.33. The van der Waals surface area contributed by atoms with E-state index < -0.39 is 0 Å². The predicted octanol–water partition coefficient (Wildman–Crippen LogP) is 4.76. The van der Waals surface area contributed by atoms with Gasteiger partial charge >= 0.3 is 0 Å². The molecular formula is C24H29N5O2S. The van der Waals surface area contributed by atoms with Crippen LogP contribution in [0, 0.1) is 5.41 Å². The molecule has 1 aliphatic rings. The Morgan fingerprint density at radius 2 is 2.03 bits per heavy atom. The second-order valence-corrected chi connectivity index (χ2v) is 9.24. The molecule has 1 aliphatic heterocycles. The summed E-state index contributed by atoms with van der Waals surface area (Å²) in [6.07, 6.45) is 2.54. The molecule has 7 nitrogen and oxygen atoms in total. The summed E-state index contributed by atoms with van der Waals surface area (Å²) in [5, 5.41) is 11.2. The molecule has 0 saturated carbocycles. The molecule has 0 bridgehead atoms. The number of benzene rings is 1. The summed E-state index contributed by atoms with van der Waals surface area (Å²) in [4.78, 5) is 10.5. The van der Waals surface area contributed by atoms with Crippen molar-refractivity contribution >= 4 is 17.2 Å². The van der Waals surface area contributed by atoms with Gasteiger partial charge in [-0.05, 0) is 57.5 Å². The van der Waals surface area contributed by atoms with Gasteiger partial charge in [0.1, 0.15) is 5.75 Å². The molecule has 1 aromatic carbocycles. The number of rotatable bonds is 6. The molecule has 3 aromatic rings. The average molecular weight is 452 g/mol. The molecule has 2 aromatic heterocycles. The van der Waals surface area contributed by atoms with Crippen LogP contribution in [0.1, 0.15) is 37.6 Å². The summed E-state index contributed by atoms with van der Waals surface area (Å²) in [7, 11) is 1.83. The van der Waals surface area contributed by atoms with Crippen LogP contribution in [-0.4, -0.2) is 46.6 Å². The number of nitrogens with zero attached hydrogens (tertiary/aromatic N) is 3. The number of thiazole rings is 1. The quantitative estimate of drug-likeness (QED) is 0.319. The van der Waals surface area contributed by atoms with Gasteiger partial charge in [-0.3, -0.25) is 10.4 Å². The number of hydrazine groups is 1. The minimum absolute atomic E-state index is 0.0302. The normalized spacial score (nSPS) is 12.7. The number of fused-ring (bicyclic) bond motifs is 3. The molecule has 0 atom stereocenters. The highest BCUT2D eigenvalue weighted by molar-refractivity contribution is 7.14. The largest absolute Gasteiger partial charge is 0.493 e. The second-order valence-electron chi connectivity index (χ2n) is 8.16. The molecule has 4 rings (SSSR count). The number of aromatic nitrogens is 2. The van der Waals surface area contributed by atoms with Crippen molar-refractivity contribution in [1.82, 2.24) is 20.4 Å². The lowest BCUT2D eigenvalue weighted by atomic mass is 10.0. The van der Waals surface area contributed by atoms with Gasteiger partial charge in [-0.25, -0.2) is 15.4 Å². The van der Waals surface area contributed by atoms with Crippen molar-refractivity contribution < 1.29 is 9.47 Å². The third-order valence-electron chi connectivity index (χ3n) is 5.15. The minimum atomic E-state index is 0.0302. The maximum Gasteiger partial charge on any atom is 0.221 e. The lowest BCUT2D eigenvalue weighted by molar-refractivity contribution is 0.234. The Morgan fingerprint density at radius 3 is 2.75 bits per heavy atom. The fourth-order valence-electron chi connectivity index (χ4n) is 3.75. The van der Waals surface area contributed by atoms with E-state index in [1.807, 2.05) is 64.0 Å². The average Bonchev–Trinajstić information content (AvgIpc) is 3.11. The maximum absolute atomic E-state index is 8.66. The molecule has 0 unspecified atom stereocenters. The highest BCUT2D eigenvalue weighted by Crippen LogP contribution is 2.41. The molecule has 0 aliphatic carbocycles. The Morgan fingerprint density at radius 1 is 1.22 bits per heavy atom. The van der Waals surface area contributed by atoms with Gasteiger partial charge in [-0.2, -0.15) is 0 Å². The van der Waals surface area contributed by atoms with Crippen LogP contribution in [0.3, 0.4) is 0 Å². The molecule has 8 heteroatoms. The van der Waals surface area contributed by atoms with Gasteiger partial charge in [-0.1, -0.05) is 6.07 Å². The maximum atomic E-state index is 8.66. The number of hydrogen-bond acceptors (Lipinski definition) is 7. The van der Waals surface area contributed by atoms with Gasteiger partial charge in [0.25, 0.3) is 0 Å². The second kappa shape index (κ2) is 9.26. The first kappa shape index (κ1) is 22.2. The van der Waals surface area contributed by atoms with Crippen LogP contribution in [0.4, 0.5) is 0 Å². The van der Waals surface area contributed by atoms with Gasteiger partial charge in [0.15, 0.2) is 10.8 Å². The van der Waals surface area contributed by atoms with Crippen LogP contribution in [0.5, 0.6) is 11.6 Å². The van der Waals surface area contributed by atoms with E-state index in [0.717, 1.165) is 39.4 Å². The zero-order valence-corrected chi connectivity index (χ0v) is 19.9. The van der Waals surface area contributed by atoms with Crippen LogP contribution in [-0.2, 0) is 6.42 Å². The Labute approximate surface area is 192 Å². The van der Waals surface area contributed by atoms with E-state index in [1.165, 1.54) is 0 Å². The van der Waals surface area contributed by atoms with Crippen LogP contribution >= 0.6 is 11.3 Å². The van der Waals surface area contributed by atoms with Gasteiger partial charge in [0, 0.05) is 41.7 Å². The SMILES string of the molecule is CNN(C(=N)c1nc2c(s1)CCOc1ccc(-c3cccnc3OC(C)C)cc1-2)C(C)C. The number of ether oxygens (including phenoxy) is 2. The smallest absolute Gasteiger partial charge is 0.221 e. The van der Waals surface area contributed by atoms with Crippen molar-refractivity contribution in [2.24, 2.45) is 0 Å². The van der Waals surface area contributed by atoms with Crippen molar-refractivity contribution in [3.8, 4) is 34.0 Å². The summed E-state index contributed by atoms with van der Waals surface area (Å²) in [6, 6.07) is 10.2. The van der Waals surface area contributed by atoms with Gasteiger partial charge < -0.3 is 9.47 Å². The van der Waals surface area contributed by atoms with Crippen molar-refractivity contribution in [3.05, 3.63) is 46.4 Å². The molecule has 0 radical (unpaired) electrons. The Kier molecular flexibility index (Phi) is 6.43. The third-order valence-corrected chi connectivity index (χ3v) is 6.27. The van der Waals surface area contributed by atoms with Crippen LogP contribution < -0.4 is 14.9 Å². The fourth-order valence-corrected chi connectivity index (χ4v) is 4.76.